The summed E-state index contributed by atoms with van der Waals surface area (Å²) in [4.78, 5) is 23.0. The number of hydrogen-bond acceptors (Lipinski definition) is 3. The van der Waals surface area contributed by atoms with Gasteiger partial charge >= 0.3 is 6.03 Å². The molecule has 0 unspecified atom stereocenters. The summed E-state index contributed by atoms with van der Waals surface area (Å²) in [6.45, 7) is 1.80. The van der Waals surface area contributed by atoms with Crippen LogP contribution in [0.25, 0.3) is 0 Å². The number of urea groups is 1. The molecule has 1 fully saturated rings. The summed E-state index contributed by atoms with van der Waals surface area (Å²) in [6, 6.07) is 12.0. The number of anilines is 1. The Morgan fingerprint density at radius 2 is 2.00 bits per heavy atom. The molecule has 1 aliphatic carbocycles. The monoisotopic (exact) mass is 403 g/mol. The predicted octanol–water partition coefficient (Wildman–Crippen LogP) is 4.87. The van der Waals surface area contributed by atoms with E-state index in [0.717, 1.165) is 34.9 Å². The van der Waals surface area contributed by atoms with Gasteiger partial charge in [0.15, 0.2) is 0 Å². The molecule has 0 aliphatic heterocycles. The lowest BCUT2D eigenvalue weighted by molar-refractivity contribution is -0.384. The highest BCUT2D eigenvalue weighted by Crippen LogP contribution is 2.42. The van der Waals surface area contributed by atoms with E-state index in [1.54, 1.807) is 13.0 Å². The molecule has 0 bridgehead atoms. The maximum absolute atomic E-state index is 12.5. The summed E-state index contributed by atoms with van der Waals surface area (Å²) in [6.07, 6.45) is 2.78. The van der Waals surface area contributed by atoms with Crippen LogP contribution < -0.4 is 10.6 Å². The zero-order valence-corrected chi connectivity index (χ0v) is 15.3. The molecule has 0 aromatic heterocycles. The summed E-state index contributed by atoms with van der Waals surface area (Å²) in [5, 5.41) is 16.7. The molecular formula is C18H18BrN3O3. The second-order valence-corrected chi connectivity index (χ2v) is 7.20. The highest BCUT2D eigenvalue weighted by molar-refractivity contribution is 9.10. The average molecular weight is 404 g/mol. The zero-order chi connectivity index (χ0) is 18.0. The van der Waals surface area contributed by atoms with E-state index in [1.807, 2.05) is 24.3 Å². The van der Waals surface area contributed by atoms with Crippen molar-refractivity contribution in [2.24, 2.45) is 0 Å². The second kappa shape index (κ2) is 6.84. The Hall–Kier alpha value is -2.41. The Morgan fingerprint density at radius 1 is 1.24 bits per heavy atom. The minimum Gasteiger partial charge on any atom is -0.328 e. The Kier molecular flexibility index (Phi) is 4.76. The second-order valence-electron chi connectivity index (χ2n) is 6.28. The van der Waals surface area contributed by atoms with Crippen molar-refractivity contribution >= 4 is 33.3 Å². The van der Waals surface area contributed by atoms with Crippen molar-refractivity contribution < 1.29 is 9.72 Å². The number of aryl methyl sites for hydroxylation is 1. The van der Waals surface area contributed by atoms with Crippen LogP contribution in [0.15, 0.2) is 46.9 Å². The summed E-state index contributed by atoms with van der Waals surface area (Å²) in [5.41, 5.74) is 1.83. The number of halogens is 1. The predicted molar refractivity (Wildman–Crippen MR) is 99.7 cm³/mol. The Balaban J connectivity index is 1.78. The van der Waals surface area contributed by atoms with Gasteiger partial charge in [-0.25, -0.2) is 4.79 Å². The maximum atomic E-state index is 12.5. The van der Waals surface area contributed by atoms with Crippen LogP contribution in [-0.4, -0.2) is 11.0 Å². The molecule has 0 radical (unpaired) electrons. The van der Waals surface area contributed by atoms with Crippen LogP contribution in [0.4, 0.5) is 16.2 Å². The van der Waals surface area contributed by atoms with Crippen molar-refractivity contribution in [1.29, 1.82) is 0 Å². The van der Waals surface area contributed by atoms with Gasteiger partial charge in [0.1, 0.15) is 0 Å². The first-order valence-corrected chi connectivity index (χ1v) is 8.79. The number of rotatable bonds is 4. The molecular weight excluding hydrogens is 386 g/mol. The fraction of sp³-hybridized carbons (Fsp3) is 0.278. The number of nitrogens with one attached hydrogen (secondary N) is 2. The van der Waals surface area contributed by atoms with Gasteiger partial charge in [-0.2, -0.15) is 0 Å². The van der Waals surface area contributed by atoms with Crippen molar-refractivity contribution in [3.8, 4) is 0 Å². The number of nitro groups is 1. The van der Waals surface area contributed by atoms with Crippen molar-refractivity contribution in [2.75, 3.05) is 5.32 Å². The van der Waals surface area contributed by atoms with Crippen molar-refractivity contribution in [1.82, 2.24) is 5.32 Å². The number of nitro benzene ring substituents is 1. The molecule has 2 aromatic carbocycles. The molecule has 6 nitrogen and oxygen atoms in total. The van der Waals surface area contributed by atoms with Gasteiger partial charge in [0, 0.05) is 16.6 Å². The molecule has 0 saturated heterocycles. The van der Waals surface area contributed by atoms with Crippen LogP contribution in [0.1, 0.15) is 30.4 Å². The van der Waals surface area contributed by atoms with Crippen molar-refractivity contribution in [3.63, 3.8) is 0 Å². The van der Waals surface area contributed by atoms with E-state index in [1.165, 1.54) is 12.1 Å². The Morgan fingerprint density at radius 3 is 2.60 bits per heavy atom. The van der Waals surface area contributed by atoms with E-state index in [-0.39, 0.29) is 17.3 Å². The van der Waals surface area contributed by atoms with E-state index >= 15 is 0 Å². The third kappa shape index (κ3) is 3.66. The molecule has 2 aromatic rings. The third-order valence-corrected chi connectivity index (χ3v) is 5.11. The lowest BCUT2D eigenvalue weighted by Gasteiger charge is -2.43. The Labute approximate surface area is 153 Å². The van der Waals surface area contributed by atoms with Gasteiger partial charge in [0.25, 0.3) is 5.69 Å². The SMILES string of the molecule is Cc1ccc([N+](=O)[O-])cc1NC(=O)NC1(c2cccc(Br)c2)CCC1. The van der Waals surface area contributed by atoms with E-state index in [9.17, 15) is 14.9 Å². The summed E-state index contributed by atoms with van der Waals surface area (Å²) in [7, 11) is 0. The van der Waals surface area contributed by atoms with E-state index in [2.05, 4.69) is 26.6 Å². The van der Waals surface area contributed by atoms with Gasteiger partial charge < -0.3 is 10.6 Å². The van der Waals surface area contributed by atoms with Crippen LogP contribution in [0, 0.1) is 17.0 Å². The summed E-state index contributed by atoms with van der Waals surface area (Å²) in [5.74, 6) is 0. The highest BCUT2D eigenvalue weighted by atomic mass is 79.9. The number of benzene rings is 2. The Bertz CT molecular complexity index is 834. The molecule has 3 rings (SSSR count). The van der Waals surface area contributed by atoms with E-state index in [4.69, 9.17) is 0 Å². The average Bonchev–Trinajstić information content (AvgIpc) is 2.53. The van der Waals surface area contributed by atoms with Gasteiger partial charge in [0.2, 0.25) is 0 Å². The number of carbonyl (C=O) groups excluding carboxylic acids is 1. The van der Waals surface area contributed by atoms with Gasteiger partial charge in [-0.15, -0.1) is 0 Å². The molecule has 7 heteroatoms. The fourth-order valence-corrected chi connectivity index (χ4v) is 3.43. The van der Waals surface area contributed by atoms with Crippen molar-refractivity contribution in [2.45, 2.75) is 31.7 Å². The topological polar surface area (TPSA) is 84.3 Å². The van der Waals surface area contributed by atoms with Crippen molar-refractivity contribution in [3.05, 3.63) is 68.2 Å². The first-order valence-electron chi connectivity index (χ1n) is 8.00. The van der Waals surface area contributed by atoms with Gasteiger partial charge in [0.05, 0.1) is 16.1 Å². The van der Waals surface area contributed by atoms with Crippen LogP contribution in [0.2, 0.25) is 0 Å². The number of non-ortho nitro benzene ring substituents is 1. The lowest BCUT2D eigenvalue weighted by Crippen LogP contribution is -2.52. The first-order chi connectivity index (χ1) is 11.9. The number of nitrogens with zero attached hydrogens (tertiary/aromatic N) is 1. The number of hydrogen-bond donors (Lipinski definition) is 2. The zero-order valence-electron chi connectivity index (χ0n) is 13.7. The number of carbonyl (C=O) groups is 1. The molecule has 0 heterocycles. The quantitative estimate of drug-likeness (QED) is 0.564. The van der Waals surface area contributed by atoms with Gasteiger partial charge in [-0.1, -0.05) is 34.1 Å². The highest BCUT2D eigenvalue weighted by Gasteiger charge is 2.40. The van der Waals surface area contributed by atoms with Crippen LogP contribution in [-0.2, 0) is 5.54 Å². The van der Waals surface area contributed by atoms with E-state index < -0.39 is 4.92 Å². The maximum Gasteiger partial charge on any atom is 0.319 e. The normalized spacial score (nSPS) is 15.1. The van der Waals surface area contributed by atoms with Gasteiger partial charge in [-0.05, 0) is 49.4 Å². The number of amides is 2. The minimum absolute atomic E-state index is 0.0498. The molecule has 25 heavy (non-hydrogen) atoms. The van der Waals surface area contributed by atoms with E-state index in [0.29, 0.717) is 5.69 Å². The van der Waals surface area contributed by atoms with Crippen LogP contribution in [0.3, 0.4) is 0 Å². The minimum atomic E-state index is -0.475. The van der Waals surface area contributed by atoms with Gasteiger partial charge in [-0.3, -0.25) is 10.1 Å². The summed E-state index contributed by atoms with van der Waals surface area (Å²) < 4.78 is 0.966. The molecule has 1 saturated carbocycles. The third-order valence-electron chi connectivity index (χ3n) is 4.62. The standard InChI is InChI=1S/C18H18BrN3O3/c1-12-6-7-15(22(24)25)11-16(12)20-17(23)21-18(8-3-9-18)13-4-2-5-14(19)10-13/h2,4-7,10-11H,3,8-9H2,1H3,(H2,20,21,23). The fourth-order valence-electron chi connectivity index (χ4n) is 3.03. The molecule has 0 spiro atoms. The first kappa shape index (κ1) is 17.4. The molecule has 2 N–H and O–H groups in total. The lowest BCUT2D eigenvalue weighted by atomic mass is 9.72. The summed E-state index contributed by atoms with van der Waals surface area (Å²) >= 11 is 3.47. The van der Waals surface area contributed by atoms with Crippen LogP contribution in [0.5, 0.6) is 0 Å². The molecule has 2 amide bonds. The molecule has 1 aliphatic rings. The molecule has 0 atom stereocenters. The van der Waals surface area contributed by atoms with Crippen LogP contribution >= 0.6 is 15.9 Å². The largest absolute Gasteiger partial charge is 0.328 e. The smallest absolute Gasteiger partial charge is 0.319 e. The molecule has 130 valence electrons.